The number of phenolic OH excluding ortho intramolecular Hbond substituents is 1. The molecule has 0 aliphatic carbocycles. The highest BCUT2D eigenvalue weighted by Crippen LogP contribution is 2.35. The first-order valence-electron chi connectivity index (χ1n) is 32.3. The predicted octanol–water partition coefficient (Wildman–Crippen LogP) is 18.0. The van der Waals surface area contributed by atoms with Crippen molar-refractivity contribution in [3.63, 3.8) is 0 Å². The maximum atomic E-state index is 13.4. The standard InChI is InChI=1S/C19H16N2O3.C16H12N2O.C16H13NO3.C14H10FNO.C7H3F2N.C7H8O.C5H7NO2/c1-3-23-19(22)16(12-21)14-8-6-10-18(15(14)11-20)24-17-9-5-4-7-13(17)2;1-12-5-2-3-7-15(12)19-16-8-4-6-13(9-10-17)14(16)11-18;1-10-5-2-3-7-12(10)20-13-8-4-6-11-9-14(18)17-16(19)15(11)13;1-10-5-2-3-7-13(10)17-14-8-4-6-12(15)11(14)9-16;8-6-2-1-3-7(9)5(6)4-10;1-6-4-2-3-5-7(6)8;1-2-8-5(7)3-4-6/h4-10,16H,3H2,1-2H3;2-8H,9H2,1H3;2-8H,9H2,1H3,(H,17,18,19);2-8H,1H3;1-3H;2-5,8H,1H3;2-3H2,1H3. The molecule has 0 bridgehead atoms. The van der Waals surface area contributed by atoms with Crippen molar-refractivity contribution in [3.05, 3.63) is 302 Å². The van der Waals surface area contributed by atoms with E-state index in [9.17, 15) is 48.1 Å². The Labute approximate surface area is 612 Å². The molecule has 1 heterocycles. The molecule has 1 atom stereocenters. The normalized spacial score (nSPS) is 10.4. The van der Waals surface area contributed by atoms with Crippen LogP contribution in [0.25, 0.3) is 0 Å². The van der Waals surface area contributed by atoms with Gasteiger partial charge < -0.3 is 33.5 Å². The summed E-state index contributed by atoms with van der Waals surface area (Å²) in [4.78, 5) is 45.5. The molecule has 11 rings (SSSR count). The lowest BCUT2D eigenvalue weighted by Gasteiger charge is -2.19. The van der Waals surface area contributed by atoms with E-state index in [1.54, 1.807) is 105 Å². The van der Waals surface area contributed by atoms with Crippen molar-refractivity contribution in [3.8, 4) is 94.2 Å². The number of imide groups is 1. The molecule has 1 aliphatic heterocycles. The Balaban J connectivity index is 0.000000229. The highest BCUT2D eigenvalue weighted by Gasteiger charge is 2.28. The molecule has 0 saturated carbocycles. The van der Waals surface area contributed by atoms with E-state index in [1.165, 1.54) is 24.3 Å². The van der Waals surface area contributed by atoms with Gasteiger partial charge in [-0.1, -0.05) is 140 Å². The summed E-state index contributed by atoms with van der Waals surface area (Å²) in [6.07, 6.45) is 0.258. The number of nitrogens with one attached hydrogen (secondary N) is 1. The van der Waals surface area contributed by atoms with Crippen molar-refractivity contribution < 1.29 is 65.9 Å². The number of halogens is 3. The first-order chi connectivity index (χ1) is 51.1. The van der Waals surface area contributed by atoms with E-state index < -0.39 is 46.8 Å². The third-order valence-electron chi connectivity index (χ3n) is 14.6. The van der Waals surface area contributed by atoms with Crippen LogP contribution in [-0.4, -0.2) is 42.1 Å². The molecule has 10 aromatic rings. The molecule has 0 fully saturated rings. The van der Waals surface area contributed by atoms with Crippen LogP contribution >= 0.6 is 0 Å². The maximum Gasteiger partial charge on any atom is 0.327 e. The number of amides is 2. The fraction of sp³-hybridized carbons (Fsp3) is 0.155. The number of esters is 2. The number of nitriles is 7. The topological polar surface area (TPSA) is 322 Å². The number of benzene rings is 10. The van der Waals surface area contributed by atoms with Crippen molar-refractivity contribution in [2.75, 3.05) is 13.2 Å². The van der Waals surface area contributed by atoms with Crippen LogP contribution in [-0.2, 0) is 36.7 Å². The Kier molecular flexibility index (Phi) is 33.5. The molecule has 1 unspecified atom stereocenters. The number of ether oxygens (including phenoxy) is 6. The second-order valence-electron chi connectivity index (χ2n) is 22.1. The summed E-state index contributed by atoms with van der Waals surface area (Å²) in [7, 11) is 0. The van der Waals surface area contributed by atoms with E-state index in [2.05, 4.69) is 22.2 Å². The van der Waals surface area contributed by atoms with Crippen LogP contribution in [0.3, 0.4) is 0 Å². The number of aryl methyl sites for hydroxylation is 5. The van der Waals surface area contributed by atoms with Gasteiger partial charge in [-0.05, 0) is 160 Å². The van der Waals surface area contributed by atoms with E-state index in [4.69, 9.17) is 49.8 Å². The van der Waals surface area contributed by atoms with Gasteiger partial charge in [0.2, 0.25) is 5.91 Å². The Morgan fingerprint density at radius 3 is 1.25 bits per heavy atom. The lowest BCUT2D eigenvalue weighted by atomic mass is 9.95. The number of nitrogens with zero attached hydrogens (tertiary/aromatic N) is 7. The number of fused-ring (bicyclic) bond motifs is 1. The minimum absolute atomic E-state index is 0.0734. The van der Waals surface area contributed by atoms with Crippen LogP contribution in [0.2, 0.25) is 0 Å². The minimum atomic E-state index is -1.17. The molecular weight excluding hydrogens is 1350 g/mol. The van der Waals surface area contributed by atoms with Gasteiger partial charge >= 0.3 is 11.9 Å². The van der Waals surface area contributed by atoms with E-state index in [-0.39, 0.29) is 54.2 Å². The Morgan fingerprint density at radius 2 is 0.830 bits per heavy atom. The highest BCUT2D eigenvalue weighted by atomic mass is 19.1. The monoisotopic (exact) mass is 1420 g/mol. The van der Waals surface area contributed by atoms with Gasteiger partial charge in [-0.3, -0.25) is 24.5 Å². The zero-order valence-electron chi connectivity index (χ0n) is 58.6. The van der Waals surface area contributed by atoms with Gasteiger partial charge in [0, 0.05) is 5.56 Å². The van der Waals surface area contributed by atoms with Crippen LogP contribution < -0.4 is 24.3 Å². The largest absolute Gasteiger partial charge is 0.508 e. The number of hydrogen-bond donors (Lipinski definition) is 2. The van der Waals surface area contributed by atoms with Crippen molar-refractivity contribution in [2.24, 2.45) is 0 Å². The van der Waals surface area contributed by atoms with Crippen LogP contribution in [0.1, 0.15) is 103 Å². The molecule has 22 heteroatoms. The lowest BCUT2D eigenvalue weighted by Crippen LogP contribution is -2.37. The molecular formula is C84H69F3N8O11. The van der Waals surface area contributed by atoms with Crippen LogP contribution in [0.15, 0.2) is 212 Å². The fourth-order valence-corrected chi connectivity index (χ4v) is 9.26. The Hall–Kier alpha value is -14.5. The summed E-state index contributed by atoms with van der Waals surface area (Å²) in [6.45, 7) is 13.4. The van der Waals surface area contributed by atoms with Crippen molar-refractivity contribution in [1.29, 1.82) is 36.8 Å². The molecule has 2 amide bonds. The smallest absolute Gasteiger partial charge is 0.327 e. The molecule has 0 spiro atoms. The van der Waals surface area contributed by atoms with Crippen molar-refractivity contribution >= 4 is 23.8 Å². The quantitative estimate of drug-likeness (QED) is 0.0754. The number of carbonyl (C=O) groups is 4. The first-order valence-corrected chi connectivity index (χ1v) is 32.3. The second-order valence-corrected chi connectivity index (χ2v) is 22.1. The van der Waals surface area contributed by atoms with E-state index in [1.807, 2.05) is 150 Å². The summed E-state index contributed by atoms with van der Waals surface area (Å²) < 4.78 is 70.5. The number of carbonyl (C=O) groups excluding carboxylic acids is 4. The summed E-state index contributed by atoms with van der Waals surface area (Å²) in [5.41, 5.74) is 6.84. The average Bonchev–Trinajstić information content (AvgIpc) is 0.799. The first kappa shape index (κ1) is 82.2. The Bertz CT molecular complexity index is 5010. The van der Waals surface area contributed by atoms with Crippen LogP contribution in [0, 0.1) is 131 Å². The highest BCUT2D eigenvalue weighted by molar-refractivity contribution is 6.11. The van der Waals surface area contributed by atoms with Gasteiger partial charge in [0.15, 0.2) is 5.92 Å². The minimum Gasteiger partial charge on any atom is -0.508 e. The van der Waals surface area contributed by atoms with Gasteiger partial charge in [-0.25, -0.2) is 13.2 Å². The maximum absolute atomic E-state index is 13.4. The Morgan fingerprint density at radius 1 is 0.443 bits per heavy atom. The summed E-state index contributed by atoms with van der Waals surface area (Å²) >= 11 is 0. The lowest BCUT2D eigenvalue weighted by molar-refractivity contribution is -0.143. The number of rotatable bonds is 14. The van der Waals surface area contributed by atoms with Crippen LogP contribution in [0.4, 0.5) is 13.2 Å². The molecule has 0 saturated heterocycles. The molecule has 10 aromatic carbocycles. The summed E-state index contributed by atoms with van der Waals surface area (Å²) in [5.74, 6) is -0.669. The van der Waals surface area contributed by atoms with Crippen LogP contribution in [0.5, 0.6) is 51.7 Å². The van der Waals surface area contributed by atoms with E-state index >= 15 is 0 Å². The molecule has 0 aromatic heterocycles. The van der Waals surface area contributed by atoms with Gasteiger partial charge in [-0.15, -0.1) is 0 Å². The van der Waals surface area contributed by atoms with Gasteiger partial charge in [0.05, 0.1) is 61.0 Å². The number of para-hydroxylation sites is 5. The number of phenols is 1. The molecule has 0 radical (unpaired) electrons. The molecule has 532 valence electrons. The van der Waals surface area contributed by atoms with Gasteiger partial charge in [0.25, 0.3) is 5.91 Å². The average molecular weight is 1420 g/mol. The van der Waals surface area contributed by atoms with E-state index in [0.717, 1.165) is 39.9 Å². The summed E-state index contributed by atoms with van der Waals surface area (Å²) in [6, 6.07) is 73.3. The molecule has 106 heavy (non-hydrogen) atoms. The third kappa shape index (κ3) is 24.7. The fourth-order valence-electron chi connectivity index (χ4n) is 9.26. The SMILES string of the molecule is CCOC(=O)C(C#N)c1cccc(Oc2ccccc2C)c1C#N.CCOC(=O)CC#N.Cc1ccccc1O.Cc1ccccc1Oc1cccc(CC#N)c1C#N.Cc1ccccc1Oc1cccc(F)c1C#N.Cc1ccccc1Oc1cccc2c1C(=O)NC(=O)C2.N#Cc1c(F)cccc1F. The zero-order valence-corrected chi connectivity index (χ0v) is 58.6. The van der Waals surface area contributed by atoms with Gasteiger partial charge in [-0.2, -0.15) is 36.8 Å². The number of hydrogen-bond acceptors (Lipinski definition) is 18. The molecule has 1 aliphatic rings. The molecule has 19 nitrogen and oxygen atoms in total. The third-order valence-corrected chi connectivity index (χ3v) is 14.6. The van der Waals surface area contributed by atoms with E-state index in [0.29, 0.717) is 74.9 Å². The van der Waals surface area contributed by atoms with Crippen molar-refractivity contribution in [2.45, 2.75) is 73.6 Å². The predicted molar refractivity (Wildman–Crippen MR) is 386 cm³/mol. The zero-order chi connectivity index (χ0) is 77.5. The van der Waals surface area contributed by atoms with Crippen molar-refractivity contribution in [1.82, 2.24) is 5.32 Å². The van der Waals surface area contributed by atoms with Gasteiger partial charge in [0.1, 0.15) is 111 Å². The summed E-state index contributed by atoms with van der Waals surface area (Å²) in [5, 5.41) is 73.0. The second kappa shape index (κ2) is 43.2. The number of aromatic hydroxyl groups is 1. The molecule has 2 N–H and O–H groups in total.